The molecule has 0 radical (unpaired) electrons. The van der Waals surface area contributed by atoms with Gasteiger partial charge in [-0.25, -0.2) is 0 Å². The fourth-order valence-corrected chi connectivity index (χ4v) is 3.18. The summed E-state index contributed by atoms with van der Waals surface area (Å²) in [4.78, 5) is 2.37. The SMILES string of the molecule is CCN(CC)CCOc1ccc([C@H](C)[C@H](C)c2ccc(OC)cc2)cc1. The van der Waals surface area contributed by atoms with Gasteiger partial charge in [-0.15, -0.1) is 0 Å². The van der Waals surface area contributed by atoms with E-state index in [4.69, 9.17) is 9.47 Å². The summed E-state index contributed by atoms with van der Waals surface area (Å²) in [5.41, 5.74) is 2.67. The Labute approximate surface area is 158 Å². The van der Waals surface area contributed by atoms with Crippen molar-refractivity contribution in [1.29, 1.82) is 0 Å². The Morgan fingerprint density at radius 3 is 1.65 bits per heavy atom. The van der Waals surface area contributed by atoms with Gasteiger partial charge in [-0.05, 0) is 60.3 Å². The van der Waals surface area contributed by atoms with Gasteiger partial charge in [0.25, 0.3) is 0 Å². The molecule has 3 heteroatoms. The van der Waals surface area contributed by atoms with E-state index in [0.717, 1.165) is 37.7 Å². The maximum Gasteiger partial charge on any atom is 0.119 e. The second-order valence-corrected chi connectivity index (χ2v) is 6.79. The van der Waals surface area contributed by atoms with Crippen molar-refractivity contribution < 1.29 is 9.47 Å². The molecule has 2 aromatic rings. The van der Waals surface area contributed by atoms with Crippen molar-refractivity contribution in [2.24, 2.45) is 0 Å². The fourth-order valence-electron chi connectivity index (χ4n) is 3.18. The number of likely N-dealkylation sites (N-methyl/N-ethyl adjacent to an activating group) is 1. The molecule has 142 valence electrons. The van der Waals surface area contributed by atoms with Crippen LogP contribution in [0, 0.1) is 0 Å². The summed E-state index contributed by atoms with van der Waals surface area (Å²) in [6.45, 7) is 12.8. The highest BCUT2D eigenvalue weighted by atomic mass is 16.5. The second kappa shape index (κ2) is 10.2. The van der Waals surface area contributed by atoms with Gasteiger partial charge in [0.1, 0.15) is 18.1 Å². The highest BCUT2D eigenvalue weighted by molar-refractivity contribution is 5.34. The van der Waals surface area contributed by atoms with Crippen LogP contribution in [0.5, 0.6) is 11.5 Å². The molecule has 0 saturated heterocycles. The van der Waals surface area contributed by atoms with Gasteiger partial charge in [0.2, 0.25) is 0 Å². The zero-order valence-corrected chi connectivity index (χ0v) is 16.9. The number of methoxy groups -OCH3 is 1. The van der Waals surface area contributed by atoms with E-state index in [0.29, 0.717) is 11.8 Å². The maximum absolute atomic E-state index is 5.89. The fraction of sp³-hybridized carbons (Fsp3) is 0.478. The van der Waals surface area contributed by atoms with E-state index in [1.54, 1.807) is 7.11 Å². The van der Waals surface area contributed by atoms with Crippen LogP contribution in [-0.4, -0.2) is 38.3 Å². The minimum absolute atomic E-state index is 0.438. The first-order valence-electron chi connectivity index (χ1n) is 9.68. The Morgan fingerprint density at radius 1 is 0.769 bits per heavy atom. The van der Waals surface area contributed by atoms with E-state index in [1.165, 1.54) is 11.1 Å². The molecule has 3 nitrogen and oxygen atoms in total. The smallest absolute Gasteiger partial charge is 0.119 e. The van der Waals surface area contributed by atoms with E-state index >= 15 is 0 Å². The average Bonchev–Trinajstić information content (AvgIpc) is 2.70. The summed E-state index contributed by atoms with van der Waals surface area (Å²) in [7, 11) is 1.70. The number of rotatable bonds is 10. The van der Waals surface area contributed by atoms with Gasteiger partial charge in [0.05, 0.1) is 7.11 Å². The van der Waals surface area contributed by atoms with E-state index in [-0.39, 0.29) is 0 Å². The first-order chi connectivity index (χ1) is 12.6. The largest absolute Gasteiger partial charge is 0.497 e. The molecule has 0 unspecified atom stereocenters. The summed E-state index contributed by atoms with van der Waals surface area (Å²) in [6.07, 6.45) is 0. The van der Waals surface area contributed by atoms with E-state index in [2.05, 4.69) is 69.0 Å². The van der Waals surface area contributed by atoms with Crippen LogP contribution >= 0.6 is 0 Å². The molecule has 0 aliphatic heterocycles. The van der Waals surface area contributed by atoms with Crippen molar-refractivity contribution in [2.45, 2.75) is 39.5 Å². The van der Waals surface area contributed by atoms with Gasteiger partial charge < -0.3 is 14.4 Å². The minimum atomic E-state index is 0.438. The molecule has 26 heavy (non-hydrogen) atoms. The summed E-state index contributed by atoms with van der Waals surface area (Å²) in [5, 5.41) is 0. The quantitative estimate of drug-likeness (QED) is 0.575. The van der Waals surface area contributed by atoms with Crippen LogP contribution in [0.4, 0.5) is 0 Å². The zero-order valence-electron chi connectivity index (χ0n) is 16.9. The predicted molar refractivity (Wildman–Crippen MR) is 110 cm³/mol. The zero-order chi connectivity index (χ0) is 18.9. The molecule has 0 bridgehead atoms. The standard InChI is InChI=1S/C23H33NO2/c1-6-24(7-2)16-17-26-23-14-10-21(11-15-23)19(4)18(3)20-8-12-22(25-5)13-9-20/h8-15,18-19H,6-7,16-17H2,1-5H3/t18-,19+/m0/s1. The van der Waals surface area contributed by atoms with Crippen molar-refractivity contribution in [1.82, 2.24) is 4.90 Å². The Kier molecular flexibility index (Phi) is 7.99. The highest BCUT2D eigenvalue weighted by Gasteiger charge is 2.16. The first-order valence-corrected chi connectivity index (χ1v) is 9.68. The molecule has 0 heterocycles. The lowest BCUT2D eigenvalue weighted by atomic mass is 9.84. The molecule has 0 saturated carbocycles. The number of hydrogen-bond acceptors (Lipinski definition) is 3. The van der Waals surface area contributed by atoms with E-state index in [1.807, 2.05) is 12.1 Å². The monoisotopic (exact) mass is 355 g/mol. The van der Waals surface area contributed by atoms with Gasteiger partial charge in [-0.3, -0.25) is 0 Å². The second-order valence-electron chi connectivity index (χ2n) is 6.79. The number of hydrogen-bond donors (Lipinski definition) is 0. The van der Waals surface area contributed by atoms with Crippen LogP contribution in [0.2, 0.25) is 0 Å². The highest BCUT2D eigenvalue weighted by Crippen LogP contribution is 2.33. The third-order valence-corrected chi connectivity index (χ3v) is 5.37. The van der Waals surface area contributed by atoms with Crippen LogP contribution in [0.15, 0.2) is 48.5 Å². The van der Waals surface area contributed by atoms with Crippen molar-refractivity contribution in [3.05, 3.63) is 59.7 Å². The van der Waals surface area contributed by atoms with Crippen LogP contribution in [0.1, 0.15) is 50.7 Å². The topological polar surface area (TPSA) is 21.7 Å². The van der Waals surface area contributed by atoms with Crippen molar-refractivity contribution in [3.63, 3.8) is 0 Å². The maximum atomic E-state index is 5.89. The summed E-state index contributed by atoms with van der Waals surface area (Å²) in [5.74, 6) is 2.73. The first kappa shape index (κ1) is 20.3. The van der Waals surface area contributed by atoms with Crippen molar-refractivity contribution >= 4 is 0 Å². The Morgan fingerprint density at radius 2 is 1.23 bits per heavy atom. The lowest BCUT2D eigenvalue weighted by molar-refractivity contribution is 0.223. The van der Waals surface area contributed by atoms with Crippen LogP contribution in [-0.2, 0) is 0 Å². The minimum Gasteiger partial charge on any atom is -0.497 e. The normalized spacial score (nSPS) is 13.5. The third kappa shape index (κ3) is 5.50. The van der Waals surface area contributed by atoms with Crippen molar-refractivity contribution in [3.8, 4) is 11.5 Å². The van der Waals surface area contributed by atoms with Crippen LogP contribution < -0.4 is 9.47 Å². The molecule has 0 N–H and O–H groups in total. The van der Waals surface area contributed by atoms with Gasteiger partial charge in [0.15, 0.2) is 0 Å². The summed E-state index contributed by atoms with van der Waals surface area (Å²) < 4.78 is 11.1. The van der Waals surface area contributed by atoms with Crippen LogP contribution in [0.25, 0.3) is 0 Å². The van der Waals surface area contributed by atoms with Crippen LogP contribution in [0.3, 0.4) is 0 Å². The lowest BCUT2D eigenvalue weighted by Gasteiger charge is -2.22. The predicted octanol–water partition coefficient (Wildman–Crippen LogP) is 5.32. The molecule has 0 spiro atoms. The molecule has 0 fully saturated rings. The Balaban J connectivity index is 1.93. The molecule has 0 amide bonds. The number of ether oxygens (including phenoxy) is 2. The molecule has 0 aromatic heterocycles. The summed E-state index contributed by atoms with van der Waals surface area (Å²) in [6, 6.07) is 16.9. The Bertz CT molecular complexity index is 632. The molecule has 2 rings (SSSR count). The summed E-state index contributed by atoms with van der Waals surface area (Å²) >= 11 is 0. The molecular formula is C23H33NO2. The van der Waals surface area contributed by atoms with Gasteiger partial charge in [-0.1, -0.05) is 52.0 Å². The van der Waals surface area contributed by atoms with E-state index in [9.17, 15) is 0 Å². The van der Waals surface area contributed by atoms with Crippen molar-refractivity contribution in [2.75, 3.05) is 33.4 Å². The molecule has 0 aliphatic carbocycles. The van der Waals surface area contributed by atoms with Gasteiger partial charge in [0, 0.05) is 6.54 Å². The molecular weight excluding hydrogens is 322 g/mol. The average molecular weight is 356 g/mol. The Hall–Kier alpha value is -2.00. The number of benzene rings is 2. The lowest BCUT2D eigenvalue weighted by Crippen LogP contribution is -2.27. The molecule has 2 atom stereocenters. The van der Waals surface area contributed by atoms with Gasteiger partial charge in [-0.2, -0.15) is 0 Å². The van der Waals surface area contributed by atoms with E-state index < -0.39 is 0 Å². The molecule has 0 aliphatic rings. The third-order valence-electron chi connectivity index (χ3n) is 5.37. The molecule has 2 aromatic carbocycles. The van der Waals surface area contributed by atoms with Gasteiger partial charge >= 0.3 is 0 Å². The number of nitrogens with zero attached hydrogens (tertiary/aromatic N) is 1.